The van der Waals surface area contributed by atoms with Crippen LogP contribution in [0.4, 0.5) is 0 Å². The summed E-state index contributed by atoms with van der Waals surface area (Å²) in [5.74, 6) is 0.564. The molecule has 0 aliphatic rings. The van der Waals surface area contributed by atoms with E-state index < -0.39 is 0 Å². The number of nitrogens with one attached hydrogen (secondary N) is 2. The first-order chi connectivity index (χ1) is 10.6. The summed E-state index contributed by atoms with van der Waals surface area (Å²) in [6.07, 6.45) is 0. The van der Waals surface area contributed by atoms with Gasteiger partial charge in [0.2, 0.25) is 5.91 Å². The number of thiophene rings is 1. The van der Waals surface area contributed by atoms with Gasteiger partial charge < -0.3 is 20.3 Å². The molecule has 0 aliphatic heterocycles. The smallest absolute Gasteiger partial charge is 0.241 e. The van der Waals surface area contributed by atoms with Crippen molar-refractivity contribution in [1.29, 1.82) is 0 Å². The predicted octanol–water partition coefficient (Wildman–Crippen LogP) is 2.18. The highest BCUT2D eigenvalue weighted by Gasteiger charge is 2.09. The monoisotopic (exact) mass is 474 g/mol. The maximum absolute atomic E-state index is 11.7. The molecule has 0 aliphatic carbocycles. The third kappa shape index (κ3) is 9.33. The van der Waals surface area contributed by atoms with Crippen molar-refractivity contribution in [2.24, 2.45) is 4.99 Å². The maximum atomic E-state index is 11.7. The average molecular weight is 475 g/mol. The molecule has 0 saturated heterocycles. The highest BCUT2D eigenvalue weighted by Crippen LogP contribution is 2.22. The van der Waals surface area contributed by atoms with Gasteiger partial charge in [-0.1, -0.05) is 11.6 Å². The molecule has 0 bridgehead atoms. The van der Waals surface area contributed by atoms with E-state index in [4.69, 9.17) is 16.3 Å². The molecular weight excluding hydrogens is 451 g/mol. The van der Waals surface area contributed by atoms with E-state index in [1.807, 2.05) is 31.0 Å². The first-order valence-corrected chi connectivity index (χ1v) is 8.25. The van der Waals surface area contributed by atoms with Gasteiger partial charge in [0.1, 0.15) is 6.54 Å². The molecule has 1 rings (SSSR count). The van der Waals surface area contributed by atoms with Crippen molar-refractivity contribution < 1.29 is 9.53 Å². The van der Waals surface area contributed by atoms with Crippen LogP contribution < -0.4 is 10.6 Å². The van der Waals surface area contributed by atoms with E-state index in [0.717, 1.165) is 15.8 Å². The summed E-state index contributed by atoms with van der Waals surface area (Å²) in [4.78, 5) is 19.1. The quantitative estimate of drug-likeness (QED) is 0.262. The second kappa shape index (κ2) is 12.8. The Balaban J connectivity index is 0.00000484. The van der Waals surface area contributed by atoms with Gasteiger partial charge in [-0.25, -0.2) is 4.99 Å². The molecule has 1 heterocycles. The number of amides is 1. The third-order valence-corrected chi connectivity index (χ3v) is 3.94. The largest absolute Gasteiger partial charge is 0.383 e. The summed E-state index contributed by atoms with van der Waals surface area (Å²) in [6, 6.07) is 3.87. The summed E-state index contributed by atoms with van der Waals surface area (Å²) in [7, 11) is 3.53. The Kier molecular flexibility index (Phi) is 12.5. The van der Waals surface area contributed by atoms with Crippen LogP contribution in [0.2, 0.25) is 4.34 Å². The summed E-state index contributed by atoms with van der Waals surface area (Å²) >= 11 is 7.48. The Labute approximate surface area is 163 Å². The van der Waals surface area contributed by atoms with Crippen LogP contribution in [0, 0.1) is 0 Å². The number of guanidine groups is 1. The van der Waals surface area contributed by atoms with E-state index in [1.54, 1.807) is 7.11 Å². The van der Waals surface area contributed by atoms with Gasteiger partial charge in [-0.3, -0.25) is 4.79 Å². The third-order valence-electron chi connectivity index (χ3n) is 2.72. The molecule has 6 nitrogen and oxygen atoms in total. The number of methoxy groups -OCH3 is 1. The zero-order chi connectivity index (χ0) is 16.4. The van der Waals surface area contributed by atoms with E-state index in [9.17, 15) is 4.79 Å². The fourth-order valence-corrected chi connectivity index (χ4v) is 2.85. The number of nitrogens with zero attached hydrogens (tertiary/aromatic N) is 2. The zero-order valence-corrected chi connectivity index (χ0v) is 17.5. The molecule has 0 saturated carbocycles. The summed E-state index contributed by atoms with van der Waals surface area (Å²) in [5, 5.41) is 5.92. The Morgan fingerprint density at radius 1 is 1.43 bits per heavy atom. The Hall–Kier alpha value is -0.580. The van der Waals surface area contributed by atoms with Crippen LogP contribution in [-0.2, 0) is 16.1 Å². The van der Waals surface area contributed by atoms with Crippen molar-refractivity contribution >= 4 is 58.8 Å². The van der Waals surface area contributed by atoms with Crippen LogP contribution in [-0.4, -0.2) is 57.2 Å². The predicted molar refractivity (Wildman–Crippen MR) is 107 cm³/mol. The number of hydrogen-bond donors (Lipinski definition) is 2. The normalized spacial score (nSPS) is 10.9. The molecule has 23 heavy (non-hydrogen) atoms. The van der Waals surface area contributed by atoms with Crippen LogP contribution in [0.25, 0.3) is 0 Å². The van der Waals surface area contributed by atoms with Gasteiger partial charge in [-0.05, 0) is 19.1 Å². The van der Waals surface area contributed by atoms with Gasteiger partial charge in [0.05, 0.1) is 17.5 Å². The van der Waals surface area contributed by atoms with Crippen molar-refractivity contribution in [3.05, 3.63) is 21.3 Å². The Bertz CT molecular complexity index is 499. The van der Waals surface area contributed by atoms with E-state index in [-0.39, 0.29) is 36.4 Å². The first-order valence-electron chi connectivity index (χ1n) is 7.06. The number of carbonyl (C=O) groups is 1. The minimum absolute atomic E-state index is 0. The van der Waals surface area contributed by atoms with E-state index >= 15 is 0 Å². The number of hydrogen-bond acceptors (Lipinski definition) is 4. The van der Waals surface area contributed by atoms with Gasteiger partial charge >= 0.3 is 0 Å². The summed E-state index contributed by atoms with van der Waals surface area (Å²) in [5.41, 5.74) is 0. The van der Waals surface area contributed by atoms with Gasteiger partial charge in [0.25, 0.3) is 0 Å². The summed E-state index contributed by atoms with van der Waals surface area (Å²) in [6.45, 7) is 4.49. The van der Waals surface area contributed by atoms with Crippen molar-refractivity contribution in [2.45, 2.75) is 13.5 Å². The molecule has 0 fully saturated rings. The van der Waals surface area contributed by atoms with Crippen LogP contribution in [0.15, 0.2) is 17.1 Å². The lowest BCUT2D eigenvalue weighted by molar-refractivity contribution is -0.119. The van der Waals surface area contributed by atoms with Crippen molar-refractivity contribution in [3.8, 4) is 0 Å². The first kappa shape index (κ1) is 22.4. The van der Waals surface area contributed by atoms with E-state index in [2.05, 4.69) is 15.6 Å². The summed E-state index contributed by atoms with van der Waals surface area (Å²) < 4.78 is 5.65. The molecule has 1 amide bonds. The minimum Gasteiger partial charge on any atom is -0.383 e. The van der Waals surface area contributed by atoms with Gasteiger partial charge in [-0.2, -0.15) is 0 Å². The lowest BCUT2D eigenvalue weighted by atomic mass is 10.4. The highest BCUT2D eigenvalue weighted by atomic mass is 127. The molecule has 2 N–H and O–H groups in total. The molecule has 0 atom stereocenters. The van der Waals surface area contributed by atoms with Crippen LogP contribution >= 0.6 is 46.9 Å². The molecule has 0 spiro atoms. The van der Waals surface area contributed by atoms with E-state index in [0.29, 0.717) is 25.7 Å². The molecular formula is C14H24ClIN4O2S. The molecule has 0 radical (unpaired) electrons. The Morgan fingerprint density at radius 2 is 2.17 bits per heavy atom. The van der Waals surface area contributed by atoms with Gasteiger partial charge in [0.15, 0.2) is 5.96 Å². The number of ether oxygens (including phenoxy) is 1. The lowest BCUT2D eigenvalue weighted by Gasteiger charge is -2.21. The fourth-order valence-electron chi connectivity index (χ4n) is 1.71. The second-order valence-electron chi connectivity index (χ2n) is 4.57. The Morgan fingerprint density at radius 3 is 2.74 bits per heavy atom. The lowest BCUT2D eigenvalue weighted by Crippen LogP contribution is -2.39. The highest BCUT2D eigenvalue weighted by molar-refractivity contribution is 14.0. The molecule has 1 aromatic rings. The van der Waals surface area contributed by atoms with E-state index in [1.165, 1.54) is 11.3 Å². The molecule has 132 valence electrons. The van der Waals surface area contributed by atoms with Gasteiger partial charge in [-0.15, -0.1) is 35.3 Å². The number of halogens is 2. The zero-order valence-electron chi connectivity index (χ0n) is 13.6. The number of aliphatic imine (C=N–C) groups is 1. The molecule has 9 heteroatoms. The maximum Gasteiger partial charge on any atom is 0.241 e. The van der Waals surface area contributed by atoms with Crippen molar-refractivity contribution in [2.75, 3.05) is 40.4 Å². The number of carbonyl (C=O) groups excluding carboxylic acids is 1. The topological polar surface area (TPSA) is 66.0 Å². The van der Waals surface area contributed by atoms with Crippen molar-refractivity contribution in [3.63, 3.8) is 0 Å². The molecule has 1 aromatic heterocycles. The molecule has 0 unspecified atom stereocenters. The molecule has 0 aromatic carbocycles. The minimum atomic E-state index is -0.125. The van der Waals surface area contributed by atoms with Crippen LogP contribution in [0.1, 0.15) is 11.8 Å². The van der Waals surface area contributed by atoms with Gasteiger partial charge in [0, 0.05) is 32.1 Å². The number of rotatable bonds is 8. The SMILES string of the molecule is CCNC(=NCC(=O)NCCOC)N(C)Cc1ccc(Cl)s1.I. The van der Waals surface area contributed by atoms with Crippen LogP contribution in [0.5, 0.6) is 0 Å². The van der Waals surface area contributed by atoms with Crippen molar-refractivity contribution in [1.82, 2.24) is 15.5 Å². The average Bonchev–Trinajstić information content (AvgIpc) is 2.88. The van der Waals surface area contributed by atoms with Crippen LogP contribution in [0.3, 0.4) is 0 Å². The standard InChI is InChI=1S/C14H23ClN4O2S.HI/c1-4-16-14(18-9-13(20)17-7-8-21-3)19(2)10-11-5-6-12(15)22-11;/h5-6H,4,7-10H2,1-3H3,(H,16,18)(H,17,20);1H. The second-order valence-corrected chi connectivity index (χ2v) is 6.37. The fraction of sp³-hybridized carbons (Fsp3) is 0.571.